The molecule has 0 radical (unpaired) electrons. The molecular weight excluding hydrogens is 360 g/mol. The molecule has 2 aliphatic rings. The normalized spacial score (nSPS) is 17.9. The molecule has 0 unspecified atom stereocenters. The Bertz CT molecular complexity index is 1050. The van der Waals surface area contributed by atoms with E-state index in [1.54, 1.807) is 22.3 Å². The highest BCUT2D eigenvalue weighted by molar-refractivity contribution is 7.17. The van der Waals surface area contributed by atoms with Gasteiger partial charge in [-0.1, -0.05) is 18.2 Å². The van der Waals surface area contributed by atoms with Crippen molar-refractivity contribution in [3.63, 3.8) is 0 Å². The number of phenols is 1. The van der Waals surface area contributed by atoms with Gasteiger partial charge in [-0.3, -0.25) is 4.79 Å². The molecule has 3 N–H and O–H groups in total. The molecule has 0 atom stereocenters. The third-order valence-electron chi connectivity index (χ3n) is 5.41. The average molecular weight is 380 g/mol. The lowest BCUT2D eigenvalue weighted by atomic mass is 10.0. The first-order chi connectivity index (χ1) is 13.0. The van der Waals surface area contributed by atoms with Crippen molar-refractivity contribution in [3.05, 3.63) is 47.3 Å². The molecule has 5 rings (SSSR count). The summed E-state index contributed by atoms with van der Waals surface area (Å²) in [4.78, 5) is 14.5. The molecule has 27 heavy (non-hydrogen) atoms. The summed E-state index contributed by atoms with van der Waals surface area (Å²) in [5.74, 6) is 0.557. The van der Waals surface area contributed by atoms with E-state index in [4.69, 9.17) is 10.5 Å². The minimum Gasteiger partial charge on any atom is -0.504 e. The summed E-state index contributed by atoms with van der Waals surface area (Å²) in [6, 6.07) is 12.0. The fourth-order valence-electron chi connectivity index (χ4n) is 3.69. The molecule has 0 saturated heterocycles. The van der Waals surface area contributed by atoms with E-state index >= 15 is 0 Å². The van der Waals surface area contributed by atoms with Gasteiger partial charge in [0.2, 0.25) is 5.91 Å². The van der Waals surface area contributed by atoms with E-state index in [1.807, 2.05) is 18.2 Å². The maximum Gasteiger partial charge on any atom is 0.243 e. The number of hydrogen-bond donors (Lipinski definition) is 2. The topological polar surface area (TPSA) is 75.8 Å². The molecule has 1 amide bonds. The van der Waals surface area contributed by atoms with E-state index < -0.39 is 5.54 Å². The number of carbonyl (C=O) groups excluding carboxylic acids is 1. The summed E-state index contributed by atoms with van der Waals surface area (Å²) in [5, 5.41) is 13.8. The molecule has 1 saturated carbocycles. The van der Waals surface area contributed by atoms with Gasteiger partial charge in [0.15, 0.2) is 11.5 Å². The minimum atomic E-state index is -0.701. The predicted octanol–water partition coefficient (Wildman–Crippen LogP) is 3.49. The lowest BCUT2D eigenvalue weighted by molar-refractivity contribution is -0.134. The van der Waals surface area contributed by atoms with Gasteiger partial charge in [-0.15, -0.1) is 11.3 Å². The first kappa shape index (κ1) is 16.6. The number of ether oxygens (including phenoxy) is 1. The van der Waals surface area contributed by atoms with Crippen molar-refractivity contribution in [2.24, 2.45) is 5.73 Å². The summed E-state index contributed by atoms with van der Waals surface area (Å²) in [7, 11) is 0. The summed E-state index contributed by atoms with van der Waals surface area (Å²) in [6.07, 6.45) is 1.48. The number of nitrogens with two attached hydrogens (primary N) is 1. The highest BCUT2D eigenvalue weighted by Gasteiger charge is 2.48. The monoisotopic (exact) mass is 380 g/mol. The Morgan fingerprint density at radius 1 is 1.26 bits per heavy atom. The van der Waals surface area contributed by atoms with E-state index in [1.165, 1.54) is 4.70 Å². The number of amides is 1. The van der Waals surface area contributed by atoms with E-state index in [9.17, 15) is 9.90 Å². The highest BCUT2D eigenvalue weighted by Crippen LogP contribution is 2.42. The fraction of sp³-hybridized carbons (Fsp3) is 0.286. The van der Waals surface area contributed by atoms with Gasteiger partial charge >= 0.3 is 0 Å². The van der Waals surface area contributed by atoms with Gasteiger partial charge in [-0.05, 0) is 42.0 Å². The van der Waals surface area contributed by atoms with Crippen molar-refractivity contribution in [2.75, 3.05) is 13.2 Å². The Morgan fingerprint density at radius 3 is 2.89 bits per heavy atom. The van der Waals surface area contributed by atoms with Gasteiger partial charge in [0.05, 0.1) is 12.1 Å². The Balaban J connectivity index is 1.56. The molecule has 0 spiro atoms. The minimum absolute atomic E-state index is 0.0233. The van der Waals surface area contributed by atoms with Crippen LogP contribution in [0, 0.1) is 0 Å². The van der Waals surface area contributed by atoms with Crippen LogP contribution in [0.5, 0.6) is 11.5 Å². The highest BCUT2D eigenvalue weighted by atomic mass is 32.1. The lowest BCUT2D eigenvalue weighted by Gasteiger charge is -2.23. The van der Waals surface area contributed by atoms with Crippen LogP contribution in [0.3, 0.4) is 0 Å². The third-order valence-corrected chi connectivity index (χ3v) is 6.37. The second-order valence-corrected chi connectivity index (χ2v) is 8.27. The Labute approximate surface area is 161 Å². The fourth-order valence-corrected chi connectivity index (χ4v) is 4.66. The zero-order valence-electron chi connectivity index (χ0n) is 14.8. The van der Waals surface area contributed by atoms with Crippen molar-refractivity contribution in [2.45, 2.75) is 24.9 Å². The zero-order valence-corrected chi connectivity index (χ0v) is 15.6. The third kappa shape index (κ3) is 2.76. The Hall–Kier alpha value is -2.57. The number of thiophene rings is 1. The van der Waals surface area contributed by atoms with Gasteiger partial charge in [0, 0.05) is 27.8 Å². The van der Waals surface area contributed by atoms with Crippen LogP contribution in [0.1, 0.15) is 18.4 Å². The molecule has 0 bridgehead atoms. The number of rotatable bonds is 2. The number of hydrogen-bond acceptors (Lipinski definition) is 5. The molecular formula is C21H20N2O3S. The van der Waals surface area contributed by atoms with Crippen LogP contribution in [-0.4, -0.2) is 34.6 Å². The second kappa shape index (κ2) is 5.97. The van der Waals surface area contributed by atoms with Crippen molar-refractivity contribution < 1.29 is 14.6 Å². The van der Waals surface area contributed by atoms with E-state index in [0.717, 1.165) is 34.9 Å². The maximum absolute atomic E-state index is 12.7. The quantitative estimate of drug-likeness (QED) is 0.714. The van der Waals surface area contributed by atoms with Gasteiger partial charge in [-0.25, -0.2) is 0 Å². The summed E-state index contributed by atoms with van der Waals surface area (Å²) >= 11 is 1.68. The van der Waals surface area contributed by atoms with Crippen LogP contribution in [0.15, 0.2) is 41.8 Å². The maximum atomic E-state index is 12.7. The molecule has 1 fully saturated rings. The summed E-state index contributed by atoms with van der Waals surface area (Å²) in [6.45, 7) is 1.22. The number of benzene rings is 2. The van der Waals surface area contributed by atoms with Crippen molar-refractivity contribution in [1.82, 2.24) is 4.90 Å². The van der Waals surface area contributed by atoms with E-state index in [-0.39, 0.29) is 11.7 Å². The summed E-state index contributed by atoms with van der Waals surface area (Å²) < 4.78 is 6.97. The lowest BCUT2D eigenvalue weighted by Crippen LogP contribution is -2.46. The van der Waals surface area contributed by atoms with Crippen LogP contribution >= 0.6 is 11.3 Å². The van der Waals surface area contributed by atoms with Gasteiger partial charge in [0.25, 0.3) is 0 Å². The molecule has 3 aromatic rings. The van der Waals surface area contributed by atoms with Gasteiger partial charge in [0.1, 0.15) is 6.61 Å². The van der Waals surface area contributed by atoms with Crippen molar-refractivity contribution in [3.8, 4) is 22.6 Å². The number of nitrogens with zero attached hydrogens (tertiary/aromatic N) is 1. The number of carbonyl (C=O) groups is 1. The van der Waals surface area contributed by atoms with E-state index in [0.29, 0.717) is 25.4 Å². The largest absolute Gasteiger partial charge is 0.504 e. The standard InChI is InChI=1S/C21H20N2O3S/c22-21(5-6-21)20(25)23-7-8-26-19-14(11-23)9-13(10-17(19)24)16-12-27-18-4-2-1-3-15(16)18/h1-4,9-10,12,24H,5-8,11,22H2. The number of fused-ring (bicyclic) bond motifs is 2. The second-order valence-electron chi connectivity index (χ2n) is 7.36. The zero-order chi connectivity index (χ0) is 18.6. The van der Waals surface area contributed by atoms with Crippen molar-refractivity contribution >= 4 is 27.3 Å². The Morgan fingerprint density at radius 2 is 2.07 bits per heavy atom. The SMILES string of the molecule is NC1(C(=O)N2CCOc3c(O)cc(-c4csc5ccccc45)cc3C2)CC1. The van der Waals surface area contributed by atoms with Crippen LogP contribution in [0.25, 0.3) is 21.2 Å². The van der Waals surface area contributed by atoms with Crippen LogP contribution in [-0.2, 0) is 11.3 Å². The average Bonchev–Trinajstić information content (AvgIpc) is 3.33. The smallest absolute Gasteiger partial charge is 0.243 e. The van der Waals surface area contributed by atoms with Crippen LogP contribution < -0.4 is 10.5 Å². The van der Waals surface area contributed by atoms with Crippen LogP contribution in [0.2, 0.25) is 0 Å². The van der Waals surface area contributed by atoms with Crippen LogP contribution in [0.4, 0.5) is 0 Å². The first-order valence-electron chi connectivity index (χ1n) is 9.09. The molecule has 2 aromatic carbocycles. The molecule has 2 heterocycles. The van der Waals surface area contributed by atoms with Crippen molar-refractivity contribution in [1.29, 1.82) is 0 Å². The molecule has 1 aliphatic carbocycles. The molecule has 5 nitrogen and oxygen atoms in total. The number of phenolic OH excluding ortho intramolecular Hbond substituents is 1. The number of aromatic hydroxyl groups is 1. The van der Waals surface area contributed by atoms with Gasteiger partial charge < -0.3 is 20.5 Å². The molecule has 1 aliphatic heterocycles. The molecule has 1 aromatic heterocycles. The predicted molar refractivity (Wildman–Crippen MR) is 106 cm³/mol. The van der Waals surface area contributed by atoms with E-state index in [2.05, 4.69) is 17.5 Å². The first-order valence-corrected chi connectivity index (χ1v) is 9.97. The van der Waals surface area contributed by atoms with Gasteiger partial charge in [-0.2, -0.15) is 0 Å². The molecule has 6 heteroatoms. The molecule has 138 valence electrons. The summed E-state index contributed by atoms with van der Waals surface area (Å²) in [5.41, 5.74) is 8.23. The Kier molecular flexibility index (Phi) is 3.67.